The van der Waals surface area contributed by atoms with E-state index in [0.717, 1.165) is 12.8 Å². The standard InChI is InChI=1S/C14H23N3O4S2/c1-11-9-13(3-4-14(11)22(18,19)16-2)23(20,21)17-7-5-12(10-15)6-8-17/h3-4,9,12,16H,5-8,10,15H2,1-2H3. The highest BCUT2D eigenvalue weighted by atomic mass is 32.2. The van der Waals surface area contributed by atoms with E-state index in [-0.39, 0.29) is 9.79 Å². The maximum absolute atomic E-state index is 12.7. The van der Waals surface area contributed by atoms with Crippen LogP contribution in [0.3, 0.4) is 0 Å². The Morgan fingerprint density at radius 2 is 1.83 bits per heavy atom. The fraction of sp³-hybridized carbons (Fsp3) is 0.571. The number of rotatable bonds is 5. The molecule has 130 valence electrons. The Hall–Kier alpha value is -1.00. The van der Waals surface area contributed by atoms with Gasteiger partial charge in [-0.2, -0.15) is 4.31 Å². The molecule has 0 saturated carbocycles. The summed E-state index contributed by atoms with van der Waals surface area (Å²) in [5.74, 6) is 0.367. The molecule has 0 atom stereocenters. The van der Waals surface area contributed by atoms with E-state index in [1.807, 2.05) is 0 Å². The van der Waals surface area contributed by atoms with E-state index in [1.165, 1.54) is 29.6 Å². The molecule has 23 heavy (non-hydrogen) atoms. The van der Waals surface area contributed by atoms with E-state index in [9.17, 15) is 16.8 Å². The van der Waals surface area contributed by atoms with Crippen LogP contribution < -0.4 is 10.5 Å². The first kappa shape index (κ1) is 18.3. The zero-order chi connectivity index (χ0) is 17.3. The first-order valence-electron chi connectivity index (χ1n) is 7.47. The molecule has 1 heterocycles. The van der Waals surface area contributed by atoms with Gasteiger partial charge in [-0.25, -0.2) is 21.6 Å². The summed E-state index contributed by atoms with van der Waals surface area (Å²) in [4.78, 5) is 0.206. The number of nitrogens with one attached hydrogen (secondary N) is 1. The van der Waals surface area contributed by atoms with Gasteiger partial charge < -0.3 is 5.73 Å². The first-order chi connectivity index (χ1) is 10.7. The van der Waals surface area contributed by atoms with Crippen LogP contribution in [-0.4, -0.2) is 47.8 Å². The predicted octanol–water partition coefficient (Wildman–Crippen LogP) is 0.263. The third-order valence-electron chi connectivity index (χ3n) is 4.25. The van der Waals surface area contributed by atoms with Crippen LogP contribution in [-0.2, 0) is 20.0 Å². The number of sulfonamides is 2. The molecule has 1 aromatic carbocycles. The van der Waals surface area contributed by atoms with Crippen molar-refractivity contribution in [1.29, 1.82) is 0 Å². The van der Waals surface area contributed by atoms with Gasteiger partial charge in [0.25, 0.3) is 0 Å². The van der Waals surface area contributed by atoms with Gasteiger partial charge in [0.1, 0.15) is 0 Å². The van der Waals surface area contributed by atoms with E-state index in [2.05, 4.69) is 4.72 Å². The van der Waals surface area contributed by atoms with Crippen molar-refractivity contribution in [2.45, 2.75) is 29.6 Å². The van der Waals surface area contributed by atoms with Crippen molar-refractivity contribution in [2.75, 3.05) is 26.7 Å². The van der Waals surface area contributed by atoms with Crippen LogP contribution in [0.4, 0.5) is 0 Å². The Balaban J connectivity index is 2.30. The molecule has 1 saturated heterocycles. The minimum absolute atomic E-state index is 0.0841. The molecule has 0 bridgehead atoms. The molecule has 1 aliphatic heterocycles. The zero-order valence-electron chi connectivity index (χ0n) is 13.3. The highest BCUT2D eigenvalue weighted by Crippen LogP contribution is 2.25. The van der Waals surface area contributed by atoms with Gasteiger partial charge in [-0.05, 0) is 63.0 Å². The SMILES string of the molecule is CNS(=O)(=O)c1ccc(S(=O)(=O)N2CCC(CN)CC2)cc1C. The Labute approximate surface area is 138 Å². The number of nitrogens with zero attached hydrogens (tertiary/aromatic N) is 1. The van der Waals surface area contributed by atoms with Crippen molar-refractivity contribution in [2.24, 2.45) is 11.7 Å². The normalized spacial score (nSPS) is 18.2. The van der Waals surface area contributed by atoms with Crippen LogP contribution in [0.2, 0.25) is 0 Å². The highest BCUT2D eigenvalue weighted by Gasteiger charge is 2.29. The van der Waals surface area contributed by atoms with Crippen LogP contribution in [0.15, 0.2) is 28.0 Å². The molecule has 1 aromatic rings. The summed E-state index contributed by atoms with van der Waals surface area (Å²) in [5, 5.41) is 0. The molecule has 0 unspecified atom stereocenters. The molecular weight excluding hydrogens is 338 g/mol. The van der Waals surface area contributed by atoms with E-state index in [0.29, 0.717) is 31.1 Å². The fourth-order valence-corrected chi connectivity index (χ4v) is 5.23. The molecule has 3 N–H and O–H groups in total. The minimum Gasteiger partial charge on any atom is -0.330 e. The predicted molar refractivity (Wildman–Crippen MR) is 88.0 cm³/mol. The second-order valence-corrected chi connectivity index (χ2v) is 9.51. The van der Waals surface area contributed by atoms with Crippen LogP contribution in [0.5, 0.6) is 0 Å². The minimum atomic E-state index is -3.61. The van der Waals surface area contributed by atoms with Crippen molar-refractivity contribution < 1.29 is 16.8 Å². The van der Waals surface area contributed by atoms with Gasteiger partial charge in [-0.1, -0.05) is 0 Å². The number of aryl methyl sites for hydroxylation is 1. The van der Waals surface area contributed by atoms with Gasteiger partial charge in [0.15, 0.2) is 0 Å². The van der Waals surface area contributed by atoms with E-state index >= 15 is 0 Å². The molecular formula is C14H23N3O4S2. The second kappa shape index (κ2) is 6.86. The van der Waals surface area contributed by atoms with Crippen molar-refractivity contribution in [3.8, 4) is 0 Å². The van der Waals surface area contributed by atoms with E-state index < -0.39 is 20.0 Å². The van der Waals surface area contributed by atoms with Crippen LogP contribution in [0, 0.1) is 12.8 Å². The molecule has 0 radical (unpaired) electrons. The average molecular weight is 361 g/mol. The number of nitrogens with two attached hydrogens (primary N) is 1. The fourth-order valence-electron chi connectivity index (χ4n) is 2.73. The lowest BCUT2D eigenvalue weighted by molar-refractivity contribution is 0.278. The summed E-state index contributed by atoms with van der Waals surface area (Å²) in [6.07, 6.45) is 1.50. The maximum atomic E-state index is 12.7. The van der Waals surface area contributed by atoms with Crippen molar-refractivity contribution in [3.05, 3.63) is 23.8 Å². The Morgan fingerprint density at radius 1 is 1.22 bits per heavy atom. The van der Waals surface area contributed by atoms with Crippen LogP contribution in [0.25, 0.3) is 0 Å². The summed E-state index contributed by atoms with van der Waals surface area (Å²) >= 11 is 0. The lowest BCUT2D eigenvalue weighted by atomic mass is 9.99. The van der Waals surface area contributed by atoms with Crippen molar-refractivity contribution in [1.82, 2.24) is 9.03 Å². The maximum Gasteiger partial charge on any atom is 0.243 e. The van der Waals surface area contributed by atoms with Crippen molar-refractivity contribution in [3.63, 3.8) is 0 Å². The quantitative estimate of drug-likeness (QED) is 0.782. The number of hydrogen-bond acceptors (Lipinski definition) is 5. The van der Waals surface area contributed by atoms with E-state index in [1.54, 1.807) is 6.92 Å². The third kappa shape index (κ3) is 3.74. The summed E-state index contributed by atoms with van der Waals surface area (Å²) in [7, 11) is -5.89. The largest absolute Gasteiger partial charge is 0.330 e. The topological polar surface area (TPSA) is 110 Å². The van der Waals surface area contributed by atoms with Gasteiger partial charge in [-0.3, -0.25) is 0 Å². The highest BCUT2D eigenvalue weighted by molar-refractivity contribution is 7.89. The van der Waals surface area contributed by atoms with Crippen LogP contribution in [0.1, 0.15) is 18.4 Å². The summed E-state index contributed by atoms with van der Waals surface area (Å²) in [6, 6.07) is 4.09. The molecule has 9 heteroatoms. The number of piperidine rings is 1. The first-order valence-corrected chi connectivity index (χ1v) is 10.4. The number of hydrogen-bond donors (Lipinski definition) is 2. The average Bonchev–Trinajstić information content (AvgIpc) is 2.54. The van der Waals surface area contributed by atoms with Gasteiger partial charge in [0, 0.05) is 13.1 Å². The monoisotopic (exact) mass is 361 g/mol. The second-order valence-electron chi connectivity index (χ2n) is 5.72. The molecule has 1 aliphatic rings. The Bertz CT molecular complexity index is 767. The van der Waals surface area contributed by atoms with Crippen molar-refractivity contribution >= 4 is 20.0 Å². The van der Waals surface area contributed by atoms with Crippen LogP contribution >= 0.6 is 0 Å². The van der Waals surface area contributed by atoms with E-state index in [4.69, 9.17) is 5.73 Å². The zero-order valence-corrected chi connectivity index (χ0v) is 15.0. The molecule has 0 spiro atoms. The molecule has 7 nitrogen and oxygen atoms in total. The summed E-state index contributed by atoms with van der Waals surface area (Å²) < 4.78 is 52.8. The molecule has 2 rings (SSSR count). The molecule has 0 aliphatic carbocycles. The third-order valence-corrected chi connectivity index (χ3v) is 7.72. The van der Waals surface area contributed by atoms with Gasteiger partial charge in [0.05, 0.1) is 9.79 Å². The number of benzene rings is 1. The van der Waals surface area contributed by atoms with Gasteiger partial charge in [-0.15, -0.1) is 0 Å². The smallest absolute Gasteiger partial charge is 0.243 e. The summed E-state index contributed by atoms with van der Waals surface area (Å²) in [5.41, 5.74) is 6.03. The molecule has 1 fully saturated rings. The Morgan fingerprint density at radius 3 is 2.30 bits per heavy atom. The molecule has 0 aromatic heterocycles. The lowest BCUT2D eigenvalue weighted by Crippen LogP contribution is -2.40. The molecule has 0 amide bonds. The lowest BCUT2D eigenvalue weighted by Gasteiger charge is -2.30. The Kier molecular flexibility index (Phi) is 5.47. The van der Waals surface area contributed by atoms with Gasteiger partial charge in [0.2, 0.25) is 20.0 Å². The van der Waals surface area contributed by atoms with Gasteiger partial charge >= 0.3 is 0 Å². The summed E-state index contributed by atoms with van der Waals surface area (Å²) in [6.45, 7) is 3.05.